The van der Waals surface area contributed by atoms with Gasteiger partial charge in [-0.25, -0.2) is 9.97 Å². The lowest BCUT2D eigenvalue weighted by Crippen LogP contribution is -1.90. The van der Waals surface area contributed by atoms with Gasteiger partial charge in [-0.2, -0.15) is 0 Å². The van der Waals surface area contributed by atoms with Crippen LogP contribution in [0, 0.1) is 6.92 Å². The van der Waals surface area contributed by atoms with E-state index in [0.717, 1.165) is 25.8 Å². The maximum atomic E-state index is 4.49. The fourth-order valence-electron chi connectivity index (χ4n) is 1.40. The molecule has 0 radical (unpaired) electrons. The summed E-state index contributed by atoms with van der Waals surface area (Å²) in [4.78, 5) is 12.1. The van der Waals surface area contributed by atoms with E-state index in [2.05, 4.69) is 37.8 Å². The molecule has 0 aliphatic rings. The Morgan fingerprint density at radius 2 is 1.93 bits per heavy atom. The molecule has 15 heavy (non-hydrogen) atoms. The van der Waals surface area contributed by atoms with Crippen molar-refractivity contribution in [1.29, 1.82) is 0 Å². The van der Waals surface area contributed by atoms with Crippen molar-refractivity contribution in [3.8, 4) is 0 Å². The predicted octanol–water partition coefficient (Wildman–Crippen LogP) is 3.47. The first-order chi connectivity index (χ1) is 7.17. The molecule has 3 nitrogen and oxygen atoms in total. The number of aromatic amines is 1. The number of thioether (sulfide) groups is 2. The highest BCUT2D eigenvalue weighted by Gasteiger charge is 2.13. The third-order valence-corrected chi connectivity index (χ3v) is 4.19. The standard InChI is InChI=1S/C9H10BrN3S2/c1-4-5-7(11-6(4)10)12-9(15-3)13-8(5)14-2/h1-3H3,(H,11,12,13). The van der Waals surface area contributed by atoms with Gasteiger partial charge in [-0.3, -0.25) is 0 Å². The Morgan fingerprint density at radius 1 is 1.20 bits per heavy atom. The number of aromatic nitrogens is 3. The van der Waals surface area contributed by atoms with Crippen molar-refractivity contribution in [2.45, 2.75) is 17.1 Å². The van der Waals surface area contributed by atoms with E-state index in [4.69, 9.17) is 0 Å². The Balaban J connectivity index is 2.81. The molecule has 2 aromatic rings. The first-order valence-corrected chi connectivity index (χ1v) is 7.55. The predicted molar refractivity (Wildman–Crippen MR) is 69.9 cm³/mol. The number of hydrogen-bond donors (Lipinski definition) is 1. The second-order valence-electron chi connectivity index (χ2n) is 3.01. The van der Waals surface area contributed by atoms with Crippen LogP contribution in [0.4, 0.5) is 0 Å². The largest absolute Gasteiger partial charge is 0.334 e. The number of rotatable bonds is 2. The number of aryl methyl sites for hydroxylation is 1. The summed E-state index contributed by atoms with van der Waals surface area (Å²) >= 11 is 6.69. The summed E-state index contributed by atoms with van der Waals surface area (Å²) < 4.78 is 0.986. The summed E-state index contributed by atoms with van der Waals surface area (Å²) in [5.41, 5.74) is 2.07. The minimum absolute atomic E-state index is 0.806. The monoisotopic (exact) mass is 303 g/mol. The van der Waals surface area contributed by atoms with Crippen LogP contribution in [-0.4, -0.2) is 27.5 Å². The van der Waals surface area contributed by atoms with Crippen molar-refractivity contribution in [1.82, 2.24) is 15.0 Å². The minimum atomic E-state index is 0.806. The molecule has 0 unspecified atom stereocenters. The zero-order valence-corrected chi connectivity index (χ0v) is 11.8. The molecule has 0 amide bonds. The van der Waals surface area contributed by atoms with Crippen molar-refractivity contribution in [2.24, 2.45) is 0 Å². The molecule has 1 N–H and O–H groups in total. The van der Waals surface area contributed by atoms with Crippen LogP contribution in [0.5, 0.6) is 0 Å². The Kier molecular flexibility index (Phi) is 3.27. The summed E-state index contributed by atoms with van der Waals surface area (Å²) in [7, 11) is 0. The van der Waals surface area contributed by atoms with Crippen molar-refractivity contribution >= 4 is 50.5 Å². The van der Waals surface area contributed by atoms with Crippen LogP contribution in [-0.2, 0) is 0 Å². The second kappa shape index (κ2) is 4.35. The number of hydrogen-bond acceptors (Lipinski definition) is 4. The molecule has 0 aliphatic carbocycles. The Hall–Kier alpha value is -0.200. The molecular formula is C9H10BrN3S2. The fraction of sp³-hybridized carbons (Fsp3) is 0.333. The van der Waals surface area contributed by atoms with Gasteiger partial charge in [0.1, 0.15) is 10.7 Å². The lowest BCUT2D eigenvalue weighted by atomic mass is 10.3. The van der Waals surface area contributed by atoms with Crippen molar-refractivity contribution in [3.05, 3.63) is 10.2 Å². The second-order valence-corrected chi connectivity index (χ2v) is 5.37. The van der Waals surface area contributed by atoms with Crippen LogP contribution in [0.2, 0.25) is 0 Å². The van der Waals surface area contributed by atoms with Gasteiger partial charge >= 0.3 is 0 Å². The number of nitrogens with zero attached hydrogens (tertiary/aromatic N) is 2. The third kappa shape index (κ3) is 1.90. The highest BCUT2D eigenvalue weighted by Crippen LogP contribution is 2.32. The summed E-state index contributed by atoms with van der Waals surface area (Å²) in [5.74, 6) is 0. The Morgan fingerprint density at radius 3 is 2.53 bits per heavy atom. The molecule has 0 bridgehead atoms. The van der Waals surface area contributed by atoms with E-state index in [9.17, 15) is 0 Å². The van der Waals surface area contributed by atoms with Crippen molar-refractivity contribution in [3.63, 3.8) is 0 Å². The lowest BCUT2D eigenvalue weighted by Gasteiger charge is -2.01. The van der Waals surface area contributed by atoms with Gasteiger partial charge < -0.3 is 4.98 Å². The van der Waals surface area contributed by atoms with Gasteiger partial charge in [-0.1, -0.05) is 11.8 Å². The molecule has 2 heterocycles. The van der Waals surface area contributed by atoms with Crippen LogP contribution < -0.4 is 0 Å². The molecule has 0 aromatic carbocycles. The summed E-state index contributed by atoms with van der Waals surface area (Å²) in [6, 6.07) is 0. The molecule has 0 spiro atoms. The van der Waals surface area contributed by atoms with E-state index in [0.29, 0.717) is 0 Å². The maximum absolute atomic E-state index is 4.49. The summed E-state index contributed by atoms with van der Waals surface area (Å²) in [6.07, 6.45) is 4.02. The van der Waals surface area contributed by atoms with Crippen LogP contribution in [0.3, 0.4) is 0 Å². The van der Waals surface area contributed by atoms with Crippen LogP contribution in [0.15, 0.2) is 14.8 Å². The van der Waals surface area contributed by atoms with E-state index in [1.54, 1.807) is 23.5 Å². The first-order valence-electron chi connectivity index (χ1n) is 4.31. The van der Waals surface area contributed by atoms with Gasteiger partial charge in [-0.15, -0.1) is 11.8 Å². The molecule has 80 valence electrons. The Labute approximate surface area is 105 Å². The molecule has 0 atom stereocenters. The van der Waals surface area contributed by atoms with E-state index >= 15 is 0 Å². The lowest BCUT2D eigenvalue weighted by molar-refractivity contribution is 0.929. The number of nitrogens with one attached hydrogen (secondary N) is 1. The smallest absolute Gasteiger partial charge is 0.190 e. The normalized spacial score (nSPS) is 11.2. The number of fused-ring (bicyclic) bond motifs is 1. The van der Waals surface area contributed by atoms with E-state index in [1.165, 1.54) is 5.56 Å². The van der Waals surface area contributed by atoms with Gasteiger partial charge in [0.2, 0.25) is 0 Å². The number of H-pyrrole nitrogens is 1. The maximum Gasteiger partial charge on any atom is 0.190 e. The fourth-order valence-corrected chi connectivity index (χ4v) is 2.84. The topological polar surface area (TPSA) is 41.6 Å². The van der Waals surface area contributed by atoms with E-state index in [1.807, 2.05) is 12.5 Å². The SMILES string of the molecule is CSc1nc(SC)c2c(C)c(Br)[nH]c2n1. The number of halogens is 1. The molecule has 0 fully saturated rings. The highest BCUT2D eigenvalue weighted by molar-refractivity contribution is 9.10. The average Bonchev–Trinajstić information content (AvgIpc) is 2.53. The van der Waals surface area contributed by atoms with Gasteiger partial charge in [0.25, 0.3) is 0 Å². The highest BCUT2D eigenvalue weighted by atomic mass is 79.9. The summed E-state index contributed by atoms with van der Waals surface area (Å²) in [6.45, 7) is 2.06. The molecule has 0 saturated heterocycles. The Bertz CT molecular complexity index is 510. The molecule has 2 aromatic heterocycles. The van der Waals surface area contributed by atoms with Crippen molar-refractivity contribution < 1.29 is 0 Å². The van der Waals surface area contributed by atoms with Crippen LogP contribution in [0.25, 0.3) is 11.0 Å². The van der Waals surface area contributed by atoms with Gasteiger partial charge in [0.15, 0.2) is 5.16 Å². The van der Waals surface area contributed by atoms with Crippen LogP contribution in [0.1, 0.15) is 5.56 Å². The molecule has 0 aliphatic heterocycles. The zero-order chi connectivity index (χ0) is 11.0. The molecule has 6 heteroatoms. The van der Waals surface area contributed by atoms with Crippen LogP contribution >= 0.6 is 39.5 Å². The molecule has 0 saturated carbocycles. The van der Waals surface area contributed by atoms with Crippen molar-refractivity contribution in [2.75, 3.05) is 12.5 Å². The zero-order valence-electron chi connectivity index (χ0n) is 8.59. The molecular weight excluding hydrogens is 294 g/mol. The van der Waals surface area contributed by atoms with E-state index in [-0.39, 0.29) is 0 Å². The first kappa shape index (κ1) is 11.3. The molecule has 2 rings (SSSR count). The minimum Gasteiger partial charge on any atom is -0.334 e. The van der Waals surface area contributed by atoms with Gasteiger partial charge in [0, 0.05) is 0 Å². The van der Waals surface area contributed by atoms with Gasteiger partial charge in [-0.05, 0) is 40.9 Å². The van der Waals surface area contributed by atoms with Gasteiger partial charge in [0.05, 0.1) is 9.99 Å². The average molecular weight is 304 g/mol. The third-order valence-electron chi connectivity index (χ3n) is 2.16. The quantitative estimate of drug-likeness (QED) is 0.524. The van der Waals surface area contributed by atoms with E-state index < -0.39 is 0 Å². The summed E-state index contributed by atoms with van der Waals surface area (Å²) in [5, 5.41) is 2.96.